The highest BCUT2D eigenvalue weighted by molar-refractivity contribution is 6.04. The Hall–Kier alpha value is -2.62. The molecule has 0 radical (unpaired) electrons. The van der Waals surface area contributed by atoms with Gasteiger partial charge in [-0.05, 0) is 49.6 Å². The van der Waals surface area contributed by atoms with Gasteiger partial charge in [-0.15, -0.1) is 0 Å². The van der Waals surface area contributed by atoms with Crippen LogP contribution in [-0.4, -0.2) is 11.8 Å². The van der Waals surface area contributed by atoms with E-state index in [1.807, 2.05) is 49.4 Å². The van der Waals surface area contributed by atoms with Crippen molar-refractivity contribution in [3.8, 4) is 0 Å². The molecule has 2 aromatic carbocycles. The molecular formula is C23H28N2O2. The molecule has 3 rings (SSSR count). The number of carbonyl (C=O) groups is 2. The van der Waals surface area contributed by atoms with Crippen LogP contribution in [-0.2, 0) is 4.79 Å². The maximum Gasteiger partial charge on any atom is 0.255 e. The molecule has 0 heterocycles. The first-order chi connectivity index (χ1) is 13.1. The first-order valence-electron chi connectivity index (χ1n) is 9.90. The Kier molecular flexibility index (Phi) is 6.64. The second kappa shape index (κ2) is 9.36. The summed E-state index contributed by atoms with van der Waals surface area (Å²) in [6.45, 7) is 1.99. The highest BCUT2D eigenvalue weighted by Gasteiger charge is 2.21. The number of hydrogen-bond acceptors (Lipinski definition) is 2. The monoisotopic (exact) mass is 364 g/mol. The zero-order chi connectivity index (χ0) is 19.1. The highest BCUT2D eigenvalue weighted by Crippen LogP contribution is 2.24. The van der Waals surface area contributed by atoms with Crippen LogP contribution in [0.3, 0.4) is 0 Å². The van der Waals surface area contributed by atoms with Crippen LogP contribution < -0.4 is 10.6 Å². The van der Waals surface area contributed by atoms with Gasteiger partial charge in [0.05, 0.1) is 6.04 Å². The Balaban J connectivity index is 1.62. The largest absolute Gasteiger partial charge is 0.349 e. The topological polar surface area (TPSA) is 58.2 Å². The van der Waals surface area contributed by atoms with Crippen molar-refractivity contribution in [2.45, 2.75) is 51.5 Å². The predicted molar refractivity (Wildman–Crippen MR) is 109 cm³/mol. The molecule has 2 aromatic rings. The molecule has 4 heteroatoms. The van der Waals surface area contributed by atoms with E-state index < -0.39 is 0 Å². The average molecular weight is 364 g/mol. The molecule has 1 saturated carbocycles. The van der Waals surface area contributed by atoms with E-state index >= 15 is 0 Å². The zero-order valence-electron chi connectivity index (χ0n) is 15.9. The van der Waals surface area contributed by atoms with Crippen molar-refractivity contribution in [2.24, 2.45) is 5.92 Å². The minimum Gasteiger partial charge on any atom is -0.349 e. The minimum absolute atomic E-state index is 0.0886. The molecule has 142 valence electrons. The van der Waals surface area contributed by atoms with Crippen LogP contribution in [0.5, 0.6) is 0 Å². The molecule has 27 heavy (non-hydrogen) atoms. The van der Waals surface area contributed by atoms with Crippen molar-refractivity contribution < 1.29 is 9.59 Å². The number of carbonyl (C=O) groups excluding carboxylic acids is 2. The van der Waals surface area contributed by atoms with Crippen molar-refractivity contribution in [3.63, 3.8) is 0 Å². The van der Waals surface area contributed by atoms with E-state index in [-0.39, 0.29) is 23.8 Å². The number of rotatable bonds is 5. The third-order valence-electron chi connectivity index (χ3n) is 5.27. The molecule has 0 aromatic heterocycles. The van der Waals surface area contributed by atoms with Gasteiger partial charge in [0.15, 0.2) is 0 Å². The molecule has 0 aliphatic heterocycles. The van der Waals surface area contributed by atoms with E-state index in [9.17, 15) is 9.59 Å². The molecule has 0 saturated heterocycles. The number of nitrogens with one attached hydrogen (secondary N) is 2. The summed E-state index contributed by atoms with van der Waals surface area (Å²) in [6.07, 6.45) is 6.75. The molecule has 1 fully saturated rings. The summed E-state index contributed by atoms with van der Waals surface area (Å²) in [5, 5.41) is 6.08. The van der Waals surface area contributed by atoms with Gasteiger partial charge in [-0.2, -0.15) is 0 Å². The standard InChI is InChI=1S/C23H28N2O2/c1-17(24-22(26)18-10-5-2-3-6-11-18)20-14-9-15-21(16-20)25-23(27)19-12-7-4-8-13-19/h4,7-9,12-18H,2-3,5-6,10-11H2,1H3,(H,24,26)(H,25,27). The Morgan fingerprint density at radius 3 is 2.33 bits per heavy atom. The number of amides is 2. The van der Waals surface area contributed by atoms with Gasteiger partial charge >= 0.3 is 0 Å². The van der Waals surface area contributed by atoms with Crippen LogP contribution in [0, 0.1) is 5.92 Å². The molecule has 2 amide bonds. The SMILES string of the molecule is CC(NC(=O)C1CCCCCC1)c1cccc(NC(=O)c2ccccc2)c1. The lowest BCUT2D eigenvalue weighted by Crippen LogP contribution is -2.32. The molecule has 1 aliphatic rings. The summed E-state index contributed by atoms with van der Waals surface area (Å²) >= 11 is 0. The summed E-state index contributed by atoms with van der Waals surface area (Å²) in [4.78, 5) is 24.9. The van der Waals surface area contributed by atoms with Crippen LogP contribution in [0.4, 0.5) is 5.69 Å². The van der Waals surface area contributed by atoms with Crippen LogP contribution in [0.25, 0.3) is 0 Å². The molecule has 0 bridgehead atoms. The first-order valence-corrected chi connectivity index (χ1v) is 9.90. The fourth-order valence-electron chi connectivity index (χ4n) is 3.63. The summed E-state index contributed by atoms with van der Waals surface area (Å²) in [5.41, 5.74) is 2.34. The smallest absolute Gasteiger partial charge is 0.255 e. The van der Waals surface area contributed by atoms with Crippen LogP contribution in [0.2, 0.25) is 0 Å². The van der Waals surface area contributed by atoms with Gasteiger partial charge in [0, 0.05) is 17.2 Å². The Morgan fingerprint density at radius 1 is 0.926 bits per heavy atom. The van der Waals surface area contributed by atoms with E-state index in [4.69, 9.17) is 0 Å². The molecular weight excluding hydrogens is 336 g/mol. The number of hydrogen-bond donors (Lipinski definition) is 2. The Bertz CT molecular complexity index is 765. The van der Waals surface area contributed by atoms with Gasteiger partial charge in [0.2, 0.25) is 5.91 Å². The van der Waals surface area contributed by atoms with Gasteiger partial charge in [-0.3, -0.25) is 9.59 Å². The molecule has 0 spiro atoms. The lowest BCUT2D eigenvalue weighted by Gasteiger charge is -2.20. The van der Waals surface area contributed by atoms with E-state index in [2.05, 4.69) is 10.6 Å². The van der Waals surface area contributed by atoms with Gasteiger partial charge in [0.25, 0.3) is 5.91 Å². The van der Waals surface area contributed by atoms with Crippen molar-refractivity contribution in [2.75, 3.05) is 5.32 Å². The van der Waals surface area contributed by atoms with Gasteiger partial charge in [0.1, 0.15) is 0 Å². The Morgan fingerprint density at radius 2 is 1.63 bits per heavy atom. The van der Waals surface area contributed by atoms with Gasteiger partial charge < -0.3 is 10.6 Å². The minimum atomic E-state index is -0.136. The zero-order valence-corrected chi connectivity index (χ0v) is 15.9. The van der Waals surface area contributed by atoms with E-state index in [0.29, 0.717) is 5.56 Å². The lowest BCUT2D eigenvalue weighted by molar-refractivity contribution is -0.126. The lowest BCUT2D eigenvalue weighted by atomic mass is 9.98. The summed E-state index contributed by atoms with van der Waals surface area (Å²) in [5.74, 6) is 0.155. The van der Waals surface area contributed by atoms with Gasteiger partial charge in [-0.25, -0.2) is 0 Å². The second-order valence-electron chi connectivity index (χ2n) is 7.36. The number of benzene rings is 2. The molecule has 1 unspecified atom stereocenters. The van der Waals surface area contributed by atoms with Crippen LogP contribution in [0.15, 0.2) is 54.6 Å². The van der Waals surface area contributed by atoms with Crippen molar-refractivity contribution in [1.29, 1.82) is 0 Å². The summed E-state index contributed by atoms with van der Waals surface area (Å²) in [7, 11) is 0. The average Bonchev–Trinajstić information content (AvgIpc) is 2.98. The third kappa shape index (κ3) is 5.43. The van der Waals surface area contributed by atoms with E-state index in [0.717, 1.165) is 36.9 Å². The number of anilines is 1. The first kappa shape index (κ1) is 19.2. The molecule has 2 N–H and O–H groups in total. The van der Waals surface area contributed by atoms with Crippen LogP contribution >= 0.6 is 0 Å². The van der Waals surface area contributed by atoms with Crippen molar-refractivity contribution >= 4 is 17.5 Å². The normalized spacial score (nSPS) is 16.2. The third-order valence-corrected chi connectivity index (χ3v) is 5.27. The van der Waals surface area contributed by atoms with E-state index in [1.54, 1.807) is 12.1 Å². The van der Waals surface area contributed by atoms with Crippen LogP contribution in [0.1, 0.15) is 67.4 Å². The Labute approximate surface area is 161 Å². The van der Waals surface area contributed by atoms with Gasteiger partial charge in [-0.1, -0.05) is 56.0 Å². The molecule has 4 nitrogen and oxygen atoms in total. The maximum absolute atomic E-state index is 12.6. The predicted octanol–water partition coefficient (Wildman–Crippen LogP) is 5.09. The molecule has 1 aliphatic carbocycles. The van der Waals surface area contributed by atoms with Crippen molar-refractivity contribution in [1.82, 2.24) is 5.32 Å². The van der Waals surface area contributed by atoms with Crippen molar-refractivity contribution in [3.05, 3.63) is 65.7 Å². The fraction of sp³-hybridized carbons (Fsp3) is 0.391. The molecule has 1 atom stereocenters. The van der Waals surface area contributed by atoms with E-state index in [1.165, 1.54) is 12.8 Å². The summed E-state index contributed by atoms with van der Waals surface area (Å²) < 4.78 is 0. The highest BCUT2D eigenvalue weighted by atomic mass is 16.2. The maximum atomic E-state index is 12.6. The second-order valence-corrected chi connectivity index (χ2v) is 7.36. The summed E-state index contributed by atoms with van der Waals surface area (Å²) in [6, 6.07) is 16.7. The fourth-order valence-corrected chi connectivity index (χ4v) is 3.63. The quantitative estimate of drug-likeness (QED) is 0.726.